The fourth-order valence-electron chi connectivity index (χ4n) is 4.42. The number of nitrogens with zero attached hydrogens (tertiary/aromatic N) is 4. The Labute approximate surface area is 187 Å². The van der Waals surface area contributed by atoms with Crippen molar-refractivity contribution in [3.05, 3.63) is 36.4 Å². The molecule has 4 rings (SSSR count). The summed E-state index contributed by atoms with van der Waals surface area (Å²) in [6, 6.07) is 11.2. The third-order valence-corrected chi connectivity index (χ3v) is 6.18. The highest BCUT2D eigenvalue weighted by molar-refractivity contribution is 5.93. The highest BCUT2D eigenvalue weighted by Crippen LogP contribution is 2.26. The molecule has 0 aliphatic carbocycles. The number of nitrogens with one attached hydrogen (secondary N) is 2. The number of anilines is 4. The van der Waals surface area contributed by atoms with Crippen LogP contribution < -0.4 is 20.4 Å². The van der Waals surface area contributed by atoms with Crippen molar-refractivity contribution in [1.82, 2.24) is 10.2 Å². The van der Waals surface area contributed by atoms with Crippen molar-refractivity contribution in [1.29, 1.82) is 0 Å². The van der Waals surface area contributed by atoms with Crippen LogP contribution in [-0.2, 0) is 9.59 Å². The molecule has 0 bridgehead atoms. The summed E-state index contributed by atoms with van der Waals surface area (Å²) in [5.74, 6) is 1.47. The van der Waals surface area contributed by atoms with Crippen LogP contribution in [0.2, 0.25) is 0 Å². The molecule has 1 unspecified atom stereocenters. The van der Waals surface area contributed by atoms with E-state index in [2.05, 4.69) is 30.6 Å². The minimum absolute atomic E-state index is 0.0161. The summed E-state index contributed by atoms with van der Waals surface area (Å²) in [5.41, 5.74) is 1.42. The van der Waals surface area contributed by atoms with Crippen LogP contribution in [0, 0.1) is 5.92 Å². The Morgan fingerprint density at radius 2 is 1.56 bits per heavy atom. The van der Waals surface area contributed by atoms with Gasteiger partial charge in [-0.1, -0.05) is 0 Å². The molecule has 170 valence electrons. The summed E-state index contributed by atoms with van der Waals surface area (Å²) in [5, 5.41) is 24.0. The molecule has 2 fully saturated rings. The second-order valence-electron chi connectivity index (χ2n) is 8.43. The van der Waals surface area contributed by atoms with Crippen molar-refractivity contribution >= 4 is 34.8 Å². The molecular weight excluding hydrogens is 408 g/mol. The number of amides is 2. The van der Waals surface area contributed by atoms with Gasteiger partial charge in [-0.05, 0) is 62.1 Å². The first-order chi connectivity index (χ1) is 15.5. The first-order valence-corrected chi connectivity index (χ1v) is 11.2. The van der Waals surface area contributed by atoms with Crippen LogP contribution >= 0.6 is 0 Å². The number of carbonyl (C=O) groups is 2. The number of hydrogen-bond acceptors (Lipinski definition) is 7. The van der Waals surface area contributed by atoms with Crippen molar-refractivity contribution in [2.75, 3.05) is 46.7 Å². The maximum atomic E-state index is 12.7. The fourth-order valence-corrected chi connectivity index (χ4v) is 4.42. The van der Waals surface area contributed by atoms with Gasteiger partial charge in [0, 0.05) is 43.9 Å². The van der Waals surface area contributed by atoms with Gasteiger partial charge in [-0.15, -0.1) is 10.2 Å². The van der Waals surface area contributed by atoms with Crippen LogP contribution in [0.25, 0.3) is 0 Å². The third kappa shape index (κ3) is 5.16. The van der Waals surface area contributed by atoms with Gasteiger partial charge in [-0.25, -0.2) is 0 Å². The molecule has 2 aromatic rings. The molecule has 3 heterocycles. The number of hydrogen-bond donors (Lipinski definition) is 3. The fraction of sp³-hybridized carbons (Fsp3) is 0.478. The zero-order valence-corrected chi connectivity index (χ0v) is 18.3. The van der Waals surface area contributed by atoms with Gasteiger partial charge in [0.1, 0.15) is 0 Å². The van der Waals surface area contributed by atoms with Gasteiger partial charge in [0.05, 0.1) is 12.6 Å². The van der Waals surface area contributed by atoms with E-state index in [4.69, 9.17) is 0 Å². The van der Waals surface area contributed by atoms with Gasteiger partial charge in [0.2, 0.25) is 11.8 Å². The van der Waals surface area contributed by atoms with Gasteiger partial charge >= 0.3 is 0 Å². The largest absolute Gasteiger partial charge is 0.394 e. The monoisotopic (exact) mass is 438 g/mol. The first-order valence-electron chi connectivity index (χ1n) is 11.2. The number of aliphatic hydroxyl groups excluding tert-OH is 1. The Kier molecular flexibility index (Phi) is 6.84. The number of piperidine rings is 1. The average Bonchev–Trinajstić information content (AvgIpc) is 3.29. The lowest BCUT2D eigenvalue weighted by Crippen LogP contribution is -2.39. The molecule has 3 N–H and O–H groups in total. The van der Waals surface area contributed by atoms with Crippen molar-refractivity contribution < 1.29 is 14.7 Å². The Hall–Kier alpha value is -3.20. The Morgan fingerprint density at radius 3 is 2.16 bits per heavy atom. The summed E-state index contributed by atoms with van der Waals surface area (Å²) in [4.78, 5) is 28.1. The molecule has 9 nitrogen and oxygen atoms in total. The number of rotatable bonds is 6. The highest BCUT2D eigenvalue weighted by atomic mass is 16.3. The van der Waals surface area contributed by atoms with Crippen LogP contribution in [0.15, 0.2) is 36.4 Å². The summed E-state index contributed by atoms with van der Waals surface area (Å²) < 4.78 is 0. The minimum Gasteiger partial charge on any atom is -0.394 e. The zero-order valence-electron chi connectivity index (χ0n) is 18.3. The second-order valence-corrected chi connectivity index (χ2v) is 8.43. The number of aromatic nitrogens is 2. The standard InChI is InChI=1S/C23H30N6O3/c1-16(31)24-18-4-6-19(7-5-18)25-23(32)17-10-13-28(14-11-17)21-8-9-22(27-26-21)29-12-2-3-20(29)15-30/h4-9,17,20,30H,2-3,10-15H2,1H3,(H,24,31)(H,25,32). The van der Waals surface area contributed by atoms with Gasteiger partial charge in [0.25, 0.3) is 0 Å². The lowest BCUT2D eigenvalue weighted by atomic mass is 9.96. The van der Waals surface area contributed by atoms with Gasteiger partial charge < -0.3 is 25.5 Å². The lowest BCUT2D eigenvalue weighted by Gasteiger charge is -2.32. The Balaban J connectivity index is 1.28. The van der Waals surface area contributed by atoms with E-state index in [9.17, 15) is 14.7 Å². The molecule has 2 aliphatic rings. The summed E-state index contributed by atoms with van der Waals surface area (Å²) >= 11 is 0. The molecule has 2 saturated heterocycles. The highest BCUT2D eigenvalue weighted by Gasteiger charge is 2.27. The van der Waals surface area contributed by atoms with Gasteiger partial charge in [0.15, 0.2) is 11.6 Å². The van der Waals surface area contributed by atoms with Crippen molar-refractivity contribution in [3.63, 3.8) is 0 Å². The lowest BCUT2D eigenvalue weighted by molar-refractivity contribution is -0.120. The van der Waals surface area contributed by atoms with E-state index >= 15 is 0 Å². The van der Waals surface area contributed by atoms with Crippen molar-refractivity contribution in [2.24, 2.45) is 5.92 Å². The predicted molar refractivity (Wildman–Crippen MR) is 124 cm³/mol. The van der Waals surface area contributed by atoms with Crippen LogP contribution in [0.3, 0.4) is 0 Å². The van der Waals surface area contributed by atoms with E-state index in [1.165, 1.54) is 6.92 Å². The second kappa shape index (κ2) is 9.95. The Bertz CT molecular complexity index is 926. The van der Waals surface area contributed by atoms with Crippen LogP contribution in [0.5, 0.6) is 0 Å². The number of aliphatic hydroxyl groups is 1. The predicted octanol–water partition coefficient (Wildman–Crippen LogP) is 2.25. The van der Waals surface area contributed by atoms with Gasteiger partial charge in [-0.2, -0.15) is 0 Å². The van der Waals surface area contributed by atoms with Gasteiger partial charge in [-0.3, -0.25) is 9.59 Å². The first kappa shape index (κ1) is 22.0. The molecule has 1 aromatic carbocycles. The summed E-state index contributed by atoms with van der Waals surface area (Å²) in [7, 11) is 0. The Morgan fingerprint density at radius 1 is 0.938 bits per heavy atom. The van der Waals surface area contributed by atoms with E-state index in [1.807, 2.05) is 12.1 Å². The zero-order chi connectivity index (χ0) is 22.5. The molecule has 1 aromatic heterocycles. The molecule has 1 atom stereocenters. The smallest absolute Gasteiger partial charge is 0.227 e. The third-order valence-electron chi connectivity index (χ3n) is 6.18. The maximum absolute atomic E-state index is 12.7. The maximum Gasteiger partial charge on any atom is 0.227 e. The van der Waals surface area contributed by atoms with E-state index in [1.54, 1.807) is 24.3 Å². The van der Waals surface area contributed by atoms with E-state index in [-0.39, 0.29) is 30.4 Å². The molecule has 0 radical (unpaired) electrons. The van der Waals surface area contributed by atoms with Crippen LogP contribution in [0.4, 0.5) is 23.0 Å². The number of benzene rings is 1. The molecule has 9 heteroatoms. The quantitative estimate of drug-likeness (QED) is 0.634. The summed E-state index contributed by atoms with van der Waals surface area (Å²) in [6.45, 7) is 3.99. The average molecular weight is 439 g/mol. The minimum atomic E-state index is -0.127. The normalized spacial score (nSPS) is 19.1. The van der Waals surface area contributed by atoms with E-state index in [0.29, 0.717) is 5.69 Å². The van der Waals surface area contributed by atoms with Crippen LogP contribution in [0.1, 0.15) is 32.6 Å². The molecule has 32 heavy (non-hydrogen) atoms. The topological polar surface area (TPSA) is 111 Å². The summed E-state index contributed by atoms with van der Waals surface area (Å²) in [6.07, 6.45) is 3.54. The molecular formula is C23H30N6O3. The van der Waals surface area contributed by atoms with Crippen LogP contribution in [-0.4, -0.2) is 59.4 Å². The molecule has 2 amide bonds. The SMILES string of the molecule is CC(=O)Nc1ccc(NC(=O)C2CCN(c3ccc(N4CCCC4CO)nn3)CC2)cc1. The van der Waals surface area contributed by atoms with Crippen molar-refractivity contribution in [2.45, 2.75) is 38.6 Å². The molecule has 2 aliphatic heterocycles. The molecule has 0 spiro atoms. The van der Waals surface area contributed by atoms with E-state index < -0.39 is 0 Å². The number of carbonyl (C=O) groups excluding carboxylic acids is 2. The van der Waals surface area contributed by atoms with E-state index in [0.717, 1.165) is 62.6 Å². The molecule has 0 saturated carbocycles. The van der Waals surface area contributed by atoms with Crippen molar-refractivity contribution in [3.8, 4) is 0 Å².